The van der Waals surface area contributed by atoms with Gasteiger partial charge in [-0.25, -0.2) is 9.97 Å². The van der Waals surface area contributed by atoms with E-state index in [0.29, 0.717) is 28.7 Å². The lowest BCUT2D eigenvalue weighted by Gasteiger charge is -2.22. The summed E-state index contributed by atoms with van der Waals surface area (Å²) in [6, 6.07) is 17.6. The van der Waals surface area contributed by atoms with Crippen LogP contribution in [0.2, 0.25) is 0 Å². The summed E-state index contributed by atoms with van der Waals surface area (Å²) in [5, 5.41) is 3.52. The Hall–Kier alpha value is -3.24. The van der Waals surface area contributed by atoms with Crippen LogP contribution in [0.5, 0.6) is 11.5 Å². The van der Waals surface area contributed by atoms with E-state index in [1.54, 1.807) is 16.2 Å². The molecule has 190 valence electrons. The minimum absolute atomic E-state index is 0. The molecule has 1 amide bonds. The lowest BCUT2D eigenvalue weighted by molar-refractivity contribution is 0.0987. The van der Waals surface area contributed by atoms with Crippen LogP contribution >= 0.6 is 35.1 Å². The molecule has 0 radical (unpaired) electrons. The first-order valence-corrected chi connectivity index (χ1v) is 13.4. The number of carbonyl (C=O) groups excluding carboxylic acids is 1. The Morgan fingerprint density at radius 1 is 0.973 bits per heavy atom. The average Bonchev–Trinajstić information content (AvgIpc) is 3.64. The van der Waals surface area contributed by atoms with Gasteiger partial charge in [-0.15, -0.1) is 23.7 Å². The zero-order valence-electron chi connectivity index (χ0n) is 20.3. The minimum atomic E-state index is -0.0794. The molecule has 0 spiro atoms. The van der Waals surface area contributed by atoms with Crippen molar-refractivity contribution in [3.8, 4) is 22.1 Å². The molecule has 1 aliphatic heterocycles. The minimum Gasteiger partial charge on any atom is -0.454 e. The summed E-state index contributed by atoms with van der Waals surface area (Å²) in [4.78, 5) is 28.9. The predicted octanol–water partition coefficient (Wildman–Crippen LogP) is 6.32. The average molecular weight is 553 g/mol. The highest BCUT2D eigenvalue weighted by Gasteiger charge is 2.25. The highest BCUT2D eigenvalue weighted by Crippen LogP contribution is 2.40. The first kappa shape index (κ1) is 25.4. The summed E-state index contributed by atoms with van der Waals surface area (Å²) < 4.78 is 12.0. The van der Waals surface area contributed by atoms with Gasteiger partial charge in [0.25, 0.3) is 5.91 Å². The van der Waals surface area contributed by atoms with Gasteiger partial charge in [-0.1, -0.05) is 35.6 Å². The number of carbonyl (C=O) groups is 1. The number of pyridine rings is 1. The van der Waals surface area contributed by atoms with Crippen molar-refractivity contribution >= 4 is 67.2 Å². The highest BCUT2D eigenvalue weighted by molar-refractivity contribution is 7.22. The normalized spacial score (nSPS) is 12.3. The molecule has 0 unspecified atom stereocenters. The number of amides is 1. The lowest BCUT2D eigenvalue weighted by Crippen LogP contribution is -2.33. The molecule has 0 atom stereocenters. The van der Waals surface area contributed by atoms with Crippen LogP contribution in [0.25, 0.3) is 31.7 Å². The van der Waals surface area contributed by atoms with Crippen LogP contribution in [0, 0.1) is 0 Å². The van der Waals surface area contributed by atoms with Crippen molar-refractivity contribution < 1.29 is 14.3 Å². The zero-order chi connectivity index (χ0) is 24.6. The van der Waals surface area contributed by atoms with Crippen LogP contribution in [0.1, 0.15) is 16.8 Å². The van der Waals surface area contributed by atoms with Crippen LogP contribution in [-0.4, -0.2) is 54.8 Å². The predicted molar refractivity (Wildman–Crippen MR) is 153 cm³/mol. The maximum absolute atomic E-state index is 14.2. The van der Waals surface area contributed by atoms with Gasteiger partial charge < -0.3 is 14.4 Å². The Morgan fingerprint density at radius 3 is 2.57 bits per heavy atom. The fourth-order valence-electron chi connectivity index (χ4n) is 4.30. The van der Waals surface area contributed by atoms with Crippen molar-refractivity contribution in [3.05, 3.63) is 65.5 Å². The van der Waals surface area contributed by atoms with Crippen molar-refractivity contribution in [1.82, 2.24) is 14.9 Å². The van der Waals surface area contributed by atoms with Gasteiger partial charge in [-0.05, 0) is 50.6 Å². The van der Waals surface area contributed by atoms with Crippen LogP contribution in [0.15, 0.2) is 60.0 Å². The fraction of sp³-hybridized carbons (Fsp3) is 0.222. The van der Waals surface area contributed by atoms with Crippen LogP contribution < -0.4 is 14.4 Å². The molecule has 0 saturated heterocycles. The third-order valence-corrected chi connectivity index (χ3v) is 7.99. The summed E-state index contributed by atoms with van der Waals surface area (Å²) in [6.45, 7) is 1.63. The van der Waals surface area contributed by atoms with E-state index in [4.69, 9.17) is 19.4 Å². The molecule has 37 heavy (non-hydrogen) atoms. The molecule has 7 nitrogen and oxygen atoms in total. The second-order valence-electron chi connectivity index (χ2n) is 8.83. The number of para-hydroxylation sites is 1. The zero-order valence-corrected chi connectivity index (χ0v) is 22.8. The summed E-state index contributed by atoms with van der Waals surface area (Å²) in [6.07, 6.45) is 0.818. The highest BCUT2D eigenvalue weighted by atomic mass is 35.5. The molecular weight excluding hydrogens is 528 g/mol. The number of hydrogen-bond acceptors (Lipinski definition) is 8. The van der Waals surface area contributed by atoms with Crippen molar-refractivity contribution in [1.29, 1.82) is 0 Å². The number of fused-ring (bicyclic) bond motifs is 3. The summed E-state index contributed by atoms with van der Waals surface area (Å²) >= 11 is 3.11. The van der Waals surface area contributed by atoms with E-state index < -0.39 is 0 Å². The number of hydrogen-bond donors (Lipinski definition) is 0. The van der Waals surface area contributed by atoms with E-state index in [-0.39, 0.29) is 25.1 Å². The number of anilines is 1. The number of ether oxygens (including phenoxy) is 2. The molecule has 3 aromatic heterocycles. The lowest BCUT2D eigenvalue weighted by atomic mass is 10.1. The molecule has 0 saturated carbocycles. The van der Waals surface area contributed by atoms with E-state index in [2.05, 4.69) is 4.90 Å². The third-order valence-electron chi connectivity index (χ3n) is 6.05. The Kier molecular flexibility index (Phi) is 7.30. The SMILES string of the molecule is CN(C)CCCN(C(=O)c1cc(-c2cccs2)nc2ccccc12)c1nc2cc3c(cc2s1)OCO3.Cl. The maximum atomic E-state index is 14.2. The Morgan fingerprint density at radius 2 is 1.78 bits per heavy atom. The third kappa shape index (κ3) is 5.00. The number of aromatic nitrogens is 2. The molecule has 0 aliphatic carbocycles. The Labute approximate surface area is 228 Å². The van der Waals surface area contributed by atoms with E-state index in [1.165, 1.54) is 11.3 Å². The Balaban J connectivity index is 0.00000280. The van der Waals surface area contributed by atoms with E-state index in [0.717, 1.165) is 44.7 Å². The summed E-state index contributed by atoms with van der Waals surface area (Å²) in [5.41, 5.74) is 3.02. The molecule has 1 aliphatic rings. The number of nitrogens with zero attached hydrogens (tertiary/aromatic N) is 4. The fourth-order valence-corrected chi connectivity index (χ4v) is 5.99. The van der Waals surface area contributed by atoms with Crippen molar-refractivity contribution in [2.75, 3.05) is 38.9 Å². The van der Waals surface area contributed by atoms with Gasteiger partial charge in [0.05, 0.1) is 31.9 Å². The molecule has 0 bridgehead atoms. The van der Waals surface area contributed by atoms with E-state index >= 15 is 0 Å². The second kappa shape index (κ2) is 10.6. The molecule has 4 heterocycles. The second-order valence-corrected chi connectivity index (χ2v) is 10.8. The number of thiophene rings is 1. The largest absolute Gasteiger partial charge is 0.454 e. The van der Waals surface area contributed by atoms with Crippen LogP contribution in [-0.2, 0) is 0 Å². The first-order chi connectivity index (χ1) is 17.6. The van der Waals surface area contributed by atoms with Gasteiger partial charge in [0.1, 0.15) is 0 Å². The van der Waals surface area contributed by atoms with Gasteiger partial charge in [0.2, 0.25) is 6.79 Å². The van der Waals surface area contributed by atoms with Gasteiger partial charge in [0, 0.05) is 24.1 Å². The van der Waals surface area contributed by atoms with Gasteiger partial charge >= 0.3 is 0 Å². The molecule has 6 rings (SSSR count). The smallest absolute Gasteiger partial charge is 0.260 e. The number of thiazole rings is 1. The molecule has 0 fully saturated rings. The van der Waals surface area contributed by atoms with E-state index in [9.17, 15) is 4.79 Å². The monoisotopic (exact) mass is 552 g/mol. The summed E-state index contributed by atoms with van der Waals surface area (Å²) in [5.74, 6) is 1.32. The number of benzene rings is 2. The summed E-state index contributed by atoms with van der Waals surface area (Å²) in [7, 11) is 4.07. The molecule has 0 N–H and O–H groups in total. The topological polar surface area (TPSA) is 67.8 Å². The molecule has 5 aromatic rings. The van der Waals surface area contributed by atoms with Crippen LogP contribution in [0.3, 0.4) is 0 Å². The van der Waals surface area contributed by atoms with Crippen molar-refractivity contribution in [3.63, 3.8) is 0 Å². The quantitative estimate of drug-likeness (QED) is 0.235. The van der Waals surface area contributed by atoms with Crippen LogP contribution in [0.4, 0.5) is 5.13 Å². The Bertz CT molecular complexity index is 1530. The first-order valence-electron chi connectivity index (χ1n) is 11.7. The molecular formula is C27H25ClN4O3S2. The molecule has 2 aromatic carbocycles. The van der Waals surface area contributed by atoms with Gasteiger partial charge in [-0.3, -0.25) is 9.69 Å². The van der Waals surface area contributed by atoms with Crippen molar-refractivity contribution in [2.24, 2.45) is 0 Å². The standard InChI is InChI=1S/C27H24N4O3S2.ClH/c1-30(2)10-6-11-31(27-29-21-14-22-23(34-16-33-22)15-25(21)36-27)26(32)18-13-20(24-9-5-12-35-24)28-19-8-4-3-7-17(18)19;/h3-5,7-9,12-15H,6,10-11,16H2,1-2H3;1H. The van der Waals surface area contributed by atoms with Gasteiger partial charge in [0.15, 0.2) is 16.6 Å². The molecule has 10 heteroatoms. The van der Waals surface area contributed by atoms with Gasteiger partial charge in [-0.2, -0.15) is 0 Å². The van der Waals surface area contributed by atoms with E-state index in [1.807, 2.05) is 74.1 Å². The number of rotatable bonds is 7. The number of halogens is 1. The maximum Gasteiger partial charge on any atom is 0.260 e. The van der Waals surface area contributed by atoms with Crippen molar-refractivity contribution in [2.45, 2.75) is 6.42 Å².